The van der Waals surface area contributed by atoms with Crippen molar-refractivity contribution in [2.45, 2.75) is 20.3 Å². The summed E-state index contributed by atoms with van der Waals surface area (Å²) in [6, 6.07) is 8.34. The van der Waals surface area contributed by atoms with Crippen LogP contribution in [-0.4, -0.2) is 21.1 Å². The average Bonchev–Trinajstić information content (AvgIpc) is 2.74. The first-order chi connectivity index (χ1) is 9.68. The third kappa shape index (κ3) is 2.11. The van der Waals surface area contributed by atoms with Gasteiger partial charge in [0.25, 0.3) is 0 Å². The molecule has 4 heteroatoms. The molecule has 0 aliphatic carbocycles. The van der Waals surface area contributed by atoms with Crippen molar-refractivity contribution in [1.29, 1.82) is 0 Å². The van der Waals surface area contributed by atoms with Gasteiger partial charge in [0.1, 0.15) is 17.4 Å². The van der Waals surface area contributed by atoms with Crippen LogP contribution >= 0.6 is 0 Å². The molecule has 104 valence electrons. The van der Waals surface area contributed by atoms with Crippen molar-refractivity contribution in [3.63, 3.8) is 0 Å². The lowest BCUT2D eigenvalue weighted by atomic mass is 10.1. The predicted octanol–water partition coefficient (Wildman–Crippen LogP) is 3.58. The molecular weight excluding hydrogens is 248 g/mol. The van der Waals surface area contributed by atoms with Crippen LogP contribution in [0.15, 0.2) is 30.6 Å². The molecule has 0 radical (unpaired) electrons. The molecule has 0 atom stereocenters. The minimum absolute atomic E-state index is 0.687. The number of nitrogens with zero attached hydrogens (tertiary/aromatic N) is 3. The molecule has 3 aromatic rings. The monoisotopic (exact) mass is 268 g/mol. The van der Waals surface area contributed by atoms with Crippen molar-refractivity contribution in [2.75, 3.05) is 11.9 Å². The first-order valence-corrected chi connectivity index (χ1v) is 7.10. The van der Waals surface area contributed by atoms with Crippen molar-refractivity contribution in [3.8, 4) is 0 Å². The van der Waals surface area contributed by atoms with Gasteiger partial charge in [0.05, 0.1) is 5.52 Å². The Bertz CT molecular complexity index is 743. The summed E-state index contributed by atoms with van der Waals surface area (Å²) in [6.45, 7) is 5.40. The van der Waals surface area contributed by atoms with Crippen LogP contribution in [0.4, 0.5) is 5.82 Å². The molecular formula is C16H20N4. The van der Waals surface area contributed by atoms with Crippen LogP contribution in [-0.2, 0) is 7.05 Å². The third-order valence-corrected chi connectivity index (χ3v) is 3.69. The second kappa shape index (κ2) is 5.12. The second-order valence-electron chi connectivity index (χ2n) is 5.60. The Labute approximate surface area is 118 Å². The number of aryl methyl sites for hydroxylation is 1. The van der Waals surface area contributed by atoms with E-state index >= 15 is 0 Å². The van der Waals surface area contributed by atoms with Crippen LogP contribution in [0.5, 0.6) is 0 Å². The lowest BCUT2D eigenvalue weighted by Gasteiger charge is -2.09. The molecule has 0 aliphatic heterocycles. The van der Waals surface area contributed by atoms with Gasteiger partial charge in [0, 0.05) is 19.0 Å². The van der Waals surface area contributed by atoms with Gasteiger partial charge in [-0.25, -0.2) is 9.97 Å². The Morgan fingerprint density at radius 3 is 2.80 bits per heavy atom. The van der Waals surface area contributed by atoms with E-state index in [1.165, 1.54) is 10.9 Å². The number of nitrogens with one attached hydrogen (secondary N) is 1. The molecule has 3 rings (SSSR count). The van der Waals surface area contributed by atoms with Crippen molar-refractivity contribution in [2.24, 2.45) is 13.0 Å². The van der Waals surface area contributed by atoms with Gasteiger partial charge in [-0.3, -0.25) is 0 Å². The number of rotatable bonds is 4. The fourth-order valence-electron chi connectivity index (χ4n) is 2.59. The number of para-hydroxylation sites is 1. The van der Waals surface area contributed by atoms with Gasteiger partial charge in [-0.15, -0.1) is 0 Å². The number of hydrogen-bond donors (Lipinski definition) is 1. The van der Waals surface area contributed by atoms with E-state index < -0.39 is 0 Å². The molecule has 2 aromatic heterocycles. The first kappa shape index (κ1) is 12.9. The fourth-order valence-corrected chi connectivity index (χ4v) is 2.59. The Kier molecular flexibility index (Phi) is 3.30. The predicted molar refractivity (Wildman–Crippen MR) is 84.0 cm³/mol. The number of aromatic nitrogens is 3. The molecule has 0 saturated carbocycles. The standard InChI is InChI=1S/C16H20N4/c1-11(2)8-9-17-16-15-14(18-10-19-16)12-6-4-5-7-13(12)20(15)3/h4-7,10-11H,8-9H2,1-3H3,(H,17,18,19). The number of hydrogen-bond acceptors (Lipinski definition) is 3. The van der Waals surface area contributed by atoms with Gasteiger partial charge in [0.15, 0.2) is 5.82 Å². The van der Waals surface area contributed by atoms with E-state index in [-0.39, 0.29) is 0 Å². The van der Waals surface area contributed by atoms with E-state index in [0.29, 0.717) is 5.92 Å². The van der Waals surface area contributed by atoms with Crippen LogP contribution in [0.1, 0.15) is 20.3 Å². The molecule has 0 bridgehead atoms. The maximum absolute atomic E-state index is 4.46. The van der Waals surface area contributed by atoms with Crippen molar-refractivity contribution < 1.29 is 0 Å². The molecule has 1 aromatic carbocycles. The van der Waals surface area contributed by atoms with Crippen molar-refractivity contribution >= 4 is 27.8 Å². The largest absolute Gasteiger partial charge is 0.368 e. The molecule has 0 spiro atoms. The van der Waals surface area contributed by atoms with Gasteiger partial charge in [0.2, 0.25) is 0 Å². The van der Waals surface area contributed by atoms with Gasteiger partial charge in [-0.2, -0.15) is 0 Å². The van der Waals surface area contributed by atoms with Crippen LogP contribution in [0, 0.1) is 5.92 Å². The summed E-state index contributed by atoms with van der Waals surface area (Å²) in [7, 11) is 2.07. The molecule has 0 aliphatic rings. The highest BCUT2D eigenvalue weighted by Crippen LogP contribution is 2.29. The van der Waals surface area contributed by atoms with Gasteiger partial charge in [-0.05, 0) is 18.4 Å². The molecule has 2 heterocycles. The zero-order chi connectivity index (χ0) is 14.1. The smallest absolute Gasteiger partial charge is 0.154 e. The maximum atomic E-state index is 4.46. The molecule has 1 N–H and O–H groups in total. The highest BCUT2D eigenvalue weighted by molar-refractivity contribution is 6.08. The summed E-state index contributed by atoms with van der Waals surface area (Å²) < 4.78 is 2.17. The summed E-state index contributed by atoms with van der Waals surface area (Å²) in [6.07, 6.45) is 2.78. The first-order valence-electron chi connectivity index (χ1n) is 7.10. The van der Waals surface area contributed by atoms with E-state index in [1.54, 1.807) is 6.33 Å². The summed E-state index contributed by atoms with van der Waals surface area (Å²) in [5.74, 6) is 1.61. The zero-order valence-corrected chi connectivity index (χ0v) is 12.2. The average molecular weight is 268 g/mol. The van der Waals surface area contributed by atoms with Gasteiger partial charge in [-0.1, -0.05) is 32.0 Å². The molecule has 0 fully saturated rings. The summed E-state index contributed by atoms with van der Waals surface area (Å²) >= 11 is 0. The highest BCUT2D eigenvalue weighted by Gasteiger charge is 2.13. The molecule has 0 amide bonds. The number of fused-ring (bicyclic) bond motifs is 3. The van der Waals surface area contributed by atoms with Crippen LogP contribution in [0.2, 0.25) is 0 Å². The summed E-state index contributed by atoms with van der Waals surface area (Å²) in [5, 5.41) is 4.63. The molecule has 0 unspecified atom stereocenters. The van der Waals surface area contributed by atoms with Gasteiger partial charge >= 0.3 is 0 Å². The Hall–Kier alpha value is -2.10. The molecule has 0 saturated heterocycles. The minimum Gasteiger partial charge on any atom is -0.368 e. The Morgan fingerprint density at radius 1 is 1.20 bits per heavy atom. The lowest BCUT2D eigenvalue weighted by molar-refractivity contribution is 0.606. The molecule has 20 heavy (non-hydrogen) atoms. The zero-order valence-electron chi connectivity index (χ0n) is 12.2. The lowest BCUT2D eigenvalue weighted by Crippen LogP contribution is -2.07. The fraction of sp³-hybridized carbons (Fsp3) is 0.375. The second-order valence-corrected chi connectivity index (χ2v) is 5.60. The maximum Gasteiger partial charge on any atom is 0.154 e. The van der Waals surface area contributed by atoms with Crippen molar-refractivity contribution in [1.82, 2.24) is 14.5 Å². The van der Waals surface area contributed by atoms with Crippen LogP contribution in [0.3, 0.4) is 0 Å². The Balaban J connectivity index is 2.09. The quantitative estimate of drug-likeness (QED) is 0.786. The SMILES string of the molecule is CC(C)CCNc1ncnc2c3ccccc3n(C)c12. The van der Waals surface area contributed by atoms with Crippen LogP contribution < -0.4 is 5.32 Å². The van der Waals surface area contributed by atoms with E-state index in [4.69, 9.17) is 0 Å². The number of anilines is 1. The number of benzene rings is 1. The van der Waals surface area contributed by atoms with E-state index in [1.807, 2.05) is 0 Å². The summed E-state index contributed by atoms with van der Waals surface area (Å²) in [4.78, 5) is 8.88. The van der Waals surface area contributed by atoms with E-state index in [2.05, 4.69) is 65.0 Å². The molecule has 4 nitrogen and oxygen atoms in total. The highest BCUT2D eigenvalue weighted by atomic mass is 15.1. The summed E-state index contributed by atoms with van der Waals surface area (Å²) in [5.41, 5.74) is 3.29. The van der Waals surface area contributed by atoms with Gasteiger partial charge < -0.3 is 9.88 Å². The van der Waals surface area contributed by atoms with Crippen LogP contribution in [0.25, 0.3) is 21.9 Å². The normalized spacial score (nSPS) is 11.6. The topological polar surface area (TPSA) is 42.7 Å². The van der Waals surface area contributed by atoms with Crippen molar-refractivity contribution in [3.05, 3.63) is 30.6 Å². The Morgan fingerprint density at radius 2 is 2.00 bits per heavy atom. The third-order valence-electron chi connectivity index (χ3n) is 3.69. The van der Waals surface area contributed by atoms with E-state index in [0.717, 1.165) is 29.8 Å². The minimum atomic E-state index is 0.687. The van der Waals surface area contributed by atoms with E-state index in [9.17, 15) is 0 Å².